The van der Waals surface area contributed by atoms with Crippen LogP contribution in [0.3, 0.4) is 0 Å². The number of carbonyl (C=O) groups excluding carboxylic acids is 1. The van der Waals surface area contributed by atoms with Gasteiger partial charge in [0.15, 0.2) is 0 Å². The lowest BCUT2D eigenvalue weighted by atomic mass is 9.93. The van der Waals surface area contributed by atoms with Crippen LogP contribution in [0.4, 0.5) is 10.5 Å². The number of hydrogen-bond donors (Lipinski definition) is 2. The summed E-state index contributed by atoms with van der Waals surface area (Å²) in [4.78, 5) is 12.4. The van der Waals surface area contributed by atoms with Crippen LogP contribution in [-0.4, -0.2) is 18.3 Å². The second-order valence-corrected chi connectivity index (χ2v) is 8.15. The van der Waals surface area contributed by atoms with Crippen LogP contribution < -0.4 is 10.6 Å². The van der Waals surface area contributed by atoms with Crippen molar-refractivity contribution in [2.24, 2.45) is 0 Å². The van der Waals surface area contributed by atoms with Crippen molar-refractivity contribution in [1.82, 2.24) is 5.32 Å². The molecule has 4 heteroatoms. The van der Waals surface area contributed by atoms with Crippen LogP contribution in [0.25, 0.3) is 0 Å². The Hall–Kier alpha value is -1.94. The fourth-order valence-electron chi connectivity index (χ4n) is 2.85. The molecule has 0 atom stereocenters. The van der Waals surface area contributed by atoms with Crippen LogP contribution in [0.5, 0.6) is 0 Å². The molecule has 2 aromatic carbocycles. The highest BCUT2D eigenvalue weighted by molar-refractivity contribution is 7.98. The average Bonchev–Trinajstić information content (AvgIpc) is 2.62. The molecular weight excluding hydrogens is 340 g/mol. The van der Waals surface area contributed by atoms with Crippen molar-refractivity contribution >= 4 is 23.5 Å². The van der Waals surface area contributed by atoms with Gasteiger partial charge in [0.2, 0.25) is 0 Å². The van der Waals surface area contributed by atoms with Crippen LogP contribution in [0.1, 0.15) is 56.2 Å². The molecular formula is C22H30N2OS. The molecule has 0 spiro atoms. The molecule has 0 aromatic heterocycles. The first-order valence-electron chi connectivity index (χ1n) is 9.28. The van der Waals surface area contributed by atoms with E-state index in [-0.39, 0.29) is 6.03 Å². The van der Waals surface area contributed by atoms with Gasteiger partial charge >= 0.3 is 6.03 Å². The minimum atomic E-state index is -0.125. The summed E-state index contributed by atoms with van der Waals surface area (Å²) in [6, 6.07) is 16.5. The van der Waals surface area contributed by atoms with E-state index >= 15 is 0 Å². The molecule has 2 amide bonds. The molecule has 3 nitrogen and oxygen atoms in total. The molecule has 0 heterocycles. The number of amides is 2. The van der Waals surface area contributed by atoms with Crippen molar-refractivity contribution < 1.29 is 4.79 Å². The van der Waals surface area contributed by atoms with Gasteiger partial charge in [0, 0.05) is 23.7 Å². The number of benzene rings is 2. The van der Waals surface area contributed by atoms with Gasteiger partial charge in [0.1, 0.15) is 0 Å². The van der Waals surface area contributed by atoms with Gasteiger partial charge in [-0.3, -0.25) is 0 Å². The Morgan fingerprint density at radius 1 is 0.923 bits per heavy atom. The SMILES string of the molecule is CC(C)c1cccc(C(C)C)c1NC(=O)NCCSCc1ccccc1. The summed E-state index contributed by atoms with van der Waals surface area (Å²) in [6.07, 6.45) is 0. The predicted octanol–water partition coefficient (Wildman–Crippen LogP) is 5.99. The second-order valence-electron chi connectivity index (χ2n) is 7.04. The minimum absolute atomic E-state index is 0.125. The van der Waals surface area contributed by atoms with E-state index in [2.05, 4.69) is 80.8 Å². The molecule has 0 unspecified atom stereocenters. The Morgan fingerprint density at radius 3 is 2.12 bits per heavy atom. The molecule has 0 saturated heterocycles. The third-order valence-electron chi connectivity index (χ3n) is 4.25. The molecule has 140 valence electrons. The molecule has 26 heavy (non-hydrogen) atoms. The van der Waals surface area contributed by atoms with Gasteiger partial charge in [0.05, 0.1) is 0 Å². The highest BCUT2D eigenvalue weighted by Gasteiger charge is 2.15. The highest BCUT2D eigenvalue weighted by Crippen LogP contribution is 2.32. The van der Waals surface area contributed by atoms with Crippen LogP contribution in [-0.2, 0) is 5.75 Å². The Balaban J connectivity index is 1.85. The third-order valence-corrected chi connectivity index (χ3v) is 5.29. The molecule has 0 bridgehead atoms. The molecule has 0 aliphatic rings. The number of rotatable bonds is 8. The van der Waals surface area contributed by atoms with E-state index in [4.69, 9.17) is 0 Å². The maximum absolute atomic E-state index is 12.4. The molecule has 2 N–H and O–H groups in total. The quantitative estimate of drug-likeness (QED) is 0.561. The highest BCUT2D eigenvalue weighted by atomic mass is 32.2. The Bertz CT molecular complexity index is 672. The van der Waals surface area contributed by atoms with Gasteiger partial charge in [-0.05, 0) is 28.5 Å². The number of urea groups is 1. The average molecular weight is 371 g/mol. The number of thioether (sulfide) groups is 1. The zero-order valence-electron chi connectivity index (χ0n) is 16.2. The number of carbonyl (C=O) groups is 1. The lowest BCUT2D eigenvalue weighted by Gasteiger charge is -2.20. The predicted molar refractivity (Wildman–Crippen MR) is 114 cm³/mol. The molecule has 0 radical (unpaired) electrons. The van der Waals surface area contributed by atoms with Crippen LogP contribution in [0.15, 0.2) is 48.5 Å². The van der Waals surface area contributed by atoms with E-state index < -0.39 is 0 Å². The zero-order valence-corrected chi connectivity index (χ0v) is 17.0. The summed E-state index contributed by atoms with van der Waals surface area (Å²) < 4.78 is 0. The van der Waals surface area contributed by atoms with E-state index in [1.807, 2.05) is 17.8 Å². The van der Waals surface area contributed by atoms with Crippen molar-refractivity contribution in [2.45, 2.75) is 45.3 Å². The maximum atomic E-state index is 12.4. The lowest BCUT2D eigenvalue weighted by Crippen LogP contribution is -2.31. The molecule has 2 aromatic rings. The Kier molecular flexibility index (Phi) is 8.05. The fraction of sp³-hybridized carbons (Fsp3) is 0.409. The Morgan fingerprint density at radius 2 is 1.54 bits per heavy atom. The van der Waals surface area contributed by atoms with Crippen LogP contribution in [0.2, 0.25) is 0 Å². The van der Waals surface area contributed by atoms with Gasteiger partial charge < -0.3 is 10.6 Å². The van der Waals surface area contributed by atoms with E-state index in [1.165, 1.54) is 16.7 Å². The van der Waals surface area contributed by atoms with E-state index in [9.17, 15) is 4.79 Å². The lowest BCUT2D eigenvalue weighted by molar-refractivity contribution is 0.252. The van der Waals surface area contributed by atoms with Gasteiger partial charge in [-0.15, -0.1) is 0 Å². The largest absolute Gasteiger partial charge is 0.337 e. The number of nitrogens with one attached hydrogen (secondary N) is 2. The van der Waals surface area contributed by atoms with Crippen molar-refractivity contribution in [1.29, 1.82) is 0 Å². The summed E-state index contributed by atoms with van der Waals surface area (Å²) in [5, 5.41) is 6.07. The molecule has 0 fully saturated rings. The van der Waals surface area contributed by atoms with Gasteiger partial charge in [-0.2, -0.15) is 11.8 Å². The monoisotopic (exact) mass is 370 g/mol. The minimum Gasteiger partial charge on any atom is -0.337 e. The van der Waals surface area contributed by atoms with Crippen LogP contribution in [0, 0.1) is 0 Å². The first kappa shape index (κ1) is 20.4. The summed E-state index contributed by atoms with van der Waals surface area (Å²) in [6.45, 7) is 9.28. The van der Waals surface area contributed by atoms with Crippen molar-refractivity contribution in [3.8, 4) is 0 Å². The van der Waals surface area contributed by atoms with Crippen molar-refractivity contribution in [2.75, 3.05) is 17.6 Å². The molecule has 0 aliphatic heterocycles. The summed E-state index contributed by atoms with van der Waals surface area (Å²) in [5.74, 6) is 2.60. The second kappa shape index (κ2) is 10.3. The number of anilines is 1. The third kappa shape index (κ3) is 6.10. The van der Waals surface area contributed by atoms with Gasteiger partial charge in [-0.1, -0.05) is 76.2 Å². The molecule has 2 rings (SSSR count). The first-order chi connectivity index (χ1) is 12.5. The summed E-state index contributed by atoms with van der Waals surface area (Å²) >= 11 is 1.83. The standard InChI is InChI=1S/C22H30N2OS/c1-16(2)19-11-8-12-20(17(3)4)21(19)24-22(25)23-13-14-26-15-18-9-6-5-7-10-18/h5-12,16-17H,13-15H2,1-4H3,(H2,23,24,25). The summed E-state index contributed by atoms with van der Waals surface area (Å²) in [7, 11) is 0. The van der Waals surface area contributed by atoms with Crippen molar-refractivity contribution in [3.63, 3.8) is 0 Å². The summed E-state index contributed by atoms with van der Waals surface area (Å²) in [5.41, 5.74) is 4.65. The zero-order chi connectivity index (χ0) is 18.9. The van der Waals surface area contributed by atoms with Gasteiger partial charge in [-0.25, -0.2) is 4.79 Å². The van der Waals surface area contributed by atoms with Gasteiger partial charge in [0.25, 0.3) is 0 Å². The van der Waals surface area contributed by atoms with E-state index in [0.29, 0.717) is 18.4 Å². The first-order valence-corrected chi connectivity index (χ1v) is 10.4. The van der Waals surface area contributed by atoms with E-state index in [1.54, 1.807) is 0 Å². The Labute approximate surface area is 162 Å². The normalized spacial score (nSPS) is 11.0. The van der Waals surface area contributed by atoms with Crippen molar-refractivity contribution in [3.05, 3.63) is 65.2 Å². The maximum Gasteiger partial charge on any atom is 0.319 e. The van der Waals surface area contributed by atoms with Crippen LogP contribution >= 0.6 is 11.8 Å². The topological polar surface area (TPSA) is 41.1 Å². The number of hydrogen-bond acceptors (Lipinski definition) is 2. The fourth-order valence-corrected chi connectivity index (χ4v) is 3.67. The molecule has 0 saturated carbocycles. The smallest absolute Gasteiger partial charge is 0.319 e. The molecule has 0 aliphatic carbocycles. The van der Waals surface area contributed by atoms with E-state index in [0.717, 1.165) is 17.2 Å². The number of para-hydroxylation sites is 1.